The largest absolute Gasteiger partial charge is 0.328 e. The lowest BCUT2D eigenvalue weighted by Gasteiger charge is -2.23. The quantitative estimate of drug-likeness (QED) is 0.660. The summed E-state index contributed by atoms with van der Waals surface area (Å²) in [5.74, 6) is 0.573. The fraction of sp³-hybridized carbons (Fsp3) is 1.00. The van der Waals surface area contributed by atoms with E-state index in [2.05, 4.69) is 13.8 Å². The Bertz CT molecular complexity index is 114. The molecule has 0 aliphatic rings. The van der Waals surface area contributed by atoms with Crippen molar-refractivity contribution in [2.24, 2.45) is 11.7 Å². The van der Waals surface area contributed by atoms with Gasteiger partial charge in [0.15, 0.2) is 0 Å². The molecule has 0 aromatic rings. The van der Waals surface area contributed by atoms with Gasteiger partial charge in [-0.2, -0.15) is 0 Å². The van der Waals surface area contributed by atoms with E-state index in [9.17, 15) is 4.39 Å². The van der Waals surface area contributed by atoms with Crippen molar-refractivity contribution < 1.29 is 4.39 Å². The third-order valence-corrected chi connectivity index (χ3v) is 2.23. The van der Waals surface area contributed by atoms with Crippen LogP contribution in [0.5, 0.6) is 0 Å². The Morgan fingerprint density at radius 2 is 1.92 bits per heavy atom. The molecule has 1 unspecified atom stereocenters. The van der Waals surface area contributed by atoms with Gasteiger partial charge in [-0.05, 0) is 25.2 Å². The molecule has 0 radical (unpaired) electrons. The van der Waals surface area contributed by atoms with Gasteiger partial charge in [-0.25, -0.2) is 4.39 Å². The molecule has 74 valence electrons. The highest BCUT2D eigenvalue weighted by molar-refractivity contribution is 4.79. The van der Waals surface area contributed by atoms with E-state index in [1.54, 1.807) is 0 Å². The van der Waals surface area contributed by atoms with Gasteiger partial charge in [-0.3, -0.25) is 0 Å². The van der Waals surface area contributed by atoms with Gasteiger partial charge in [0.1, 0.15) is 5.67 Å². The van der Waals surface area contributed by atoms with Gasteiger partial charge >= 0.3 is 0 Å². The van der Waals surface area contributed by atoms with Gasteiger partial charge in [-0.1, -0.05) is 27.2 Å². The molecular formula is C10H22FN. The first-order chi connectivity index (χ1) is 5.54. The minimum atomic E-state index is -1.10. The molecule has 0 aromatic carbocycles. The first kappa shape index (κ1) is 11.9. The second-order valence-electron chi connectivity index (χ2n) is 4.04. The number of rotatable bonds is 6. The summed E-state index contributed by atoms with van der Waals surface area (Å²) < 4.78 is 13.8. The zero-order valence-corrected chi connectivity index (χ0v) is 8.57. The average molecular weight is 175 g/mol. The van der Waals surface area contributed by atoms with Crippen LogP contribution in [0.2, 0.25) is 0 Å². The maximum absolute atomic E-state index is 13.8. The normalized spacial score (nSPS) is 16.5. The highest BCUT2D eigenvalue weighted by Crippen LogP contribution is 2.25. The first-order valence-electron chi connectivity index (χ1n) is 4.93. The molecule has 0 aliphatic carbocycles. The smallest absolute Gasteiger partial charge is 0.123 e. The molecular weight excluding hydrogens is 153 g/mol. The van der Waals surface area contributed by atoms with Crippen molar-refractivity contribution in [2.75, 3.05) is 6.54 Å². The number of alkyl halides is 1. The summed E-state index contributed by atoms with van der Waals surface area (Å²) in [4.78, 5) is 0. The predicted molar refractivity (Wildman–Crippen MR) is 51.9 cm³/mol. The second-order valence-corrected chi connectivity index (χ2v) is 4.04. The topological polar surface area (TPSA) is 26.0 Å². The Hall–Kier alpha value is -0.110. The van der Waals surface area contributed by atoms with Gasteiger partial charge in [0.2, 0.25) is 0 Å². The Morgan fingerprint density at radius 3 is 2.25 bits per heavy atom. The summed E-state index contributed by atoms with van der Waals surface area (Å²) in [6.07, 6.45) is 3.05. The number of halogens is 1. The van der Waals surface area contributed by atoms with Crippen molar-refractivity contribution in [2.45, 2.75) is 52.1 Å². The molecule has 12 heavy (non-hydrogen) atoms. The fourth-order valence-electron chi connectivity index (χ4n) is 1.32. The van der Waals surface area contributed by atoms with Gasteiger partial charge in [0.25, 0.3) is 0 Å². The van der Waals surface area contributed by atoms with Gasteiger partial charge < -0.3 is 5.73 Å². The maximum atomic E-state index is 13.8. The zero-order valence-electron chi connectivity index (χ0n) is 8.57. The molecule has 0 fully saturated rings. The van der Waals surface area contributed by atoms with Crippen LogP contribution in [0.4, 0.5) is 4.39 Å². The lowest BCUT2D eigenvalue weighted by Crippen LogP contribution is -2.33. The molecule has 0 rings (SSSR count). The average Bonchev–Trinajstić information content (AvgIpc) is 2.02. The van der Waals surface area contributed by atoms with Crippen molar-refractivity contribution in [3.63, 3.8) is 0 Å². The van der Waals surface area contributed by atoms with Crippen LogP contribution < -0.4 is 5.73 Å². The lowest BCUT2D eigenvalue weighted by atomic mass is 9.91. The van der Waals surface area contributed by atoms with E-state index in [1.807, 2.05) is 6.92 Å². The van der Waals surface area contributed by atoms with Gasteiger partial charge in [-0.15, -0.1) is 0 Å². The molecule has 1 atom stereocenters. The second kappa shape index (κ2) is 5.52. The summed E-state index contributed by atoms with van der Waals surface area (Å²) in [7, 11) is 0. The number of hydrogen-bond acceptors (Lipinski definition) is 1. The standard InChI is InChI=1S/C10H22FN/c1-4-6-10(11,8-12)7-5-9(2)3/h9H,4-8,12H2,1-3H3. The van der Waals surface area contributed by atoms with E-state index >= 15 is 0 Å². The van der Waals surface area contributed by atoms with E-state index in [-0.39, 0.29) is 6.54 Å². The molecule has 2 heteroatoms. The molecule has 0 saturated carbocycles. The summed E-state index contributed by atoms with van der Waals surface area (Å²) in [5.41, 5.74) is 4.31. The molecule has 2 N–H and O–H groups in total. The number of hydrogen-bond donors (Lipinski definition) is 1. The number of nitrogens with two attached hydrogens (primary N) is 1. The third-order valence-electron chi connectivity index (χ3n) is 2.23. The molecule has 0 heterocycles. The minimum Gasteiger partial charge on any atom is -0.328 e. The van der Waals surface area contributed by atoms with Crippen LogP contribution in [0.3, 0.4) is 0 Å². The van der Waals surface area contributed by atoms with Crippen LogP contribution in [-0.2, 0) is 0 Å². The zero-order chi connectivity index (χ0) is 9.61. The van der Waals surface area contributed by atoms with Crippen molar-refractivity contribution in [1.82, 2.24) is 0 Å². The molecule has 1 nitrogen and oxygen atoms in total. The summed E-state index contributed by atoms with van der Waals surface area (Å²) in [6.45, 7) is 6.40. The van der Waals surface area contributed by atoms with E-state index in [0.717, 1.165) is 12.8 Å². The van der Waals surface area contributed by atoms with Gasteiger partial charge in [0.05, 0.1) is 0 Å². The van der Waals surface area contributed by atoms with Crippen molar-refractivity contribution in [3.05, 3.63) is 0 Å². The Kier molecular flexibility index (Phi) is 5.47. The third kappa shape index (κ3) is 4.70. The van der Waals surface area contributed by atoms with Crippen molar-refractivity contribution in [1.29, 1.82) is 0 Å². The highest BCUT2D eigenvalue weighted by atomic mass is 19.1. The van der Waals surface area contributed by atoms with E-state index in [0.29, 0.717) is 18.8 Å². The lowest BCUT2D eigenvalue weighted by molar-refractivity contribution is 0.136. The fourth-order valence-corrected chi connectivity index (χ4v) is 1.32. The van der Waals surface area contributed by atoms with Crippen LogP contribution >= 0.6 is 0 Å². The Labute approximate surface area is 75.5 Å². The van der Waals surface area contributed by atoms with Crippen LogP contribution in [0.25, 0.3) is 0 Å². The summed E-state index contributed by atoms with van der Waals surface area (Å²) >= 11 is 0. The molecule has 0 aromatic heterocycles. The first-order valence-corrected chi connectivity index (χ1v) is 4.93. The van der Waals surface area contributed by atoms with E-state index in [1.165, 1.54) is 0 Å². The molecule has 0 amide bonds. The van der Waals surface area contributed by atoms with Crippen molar-refractivity contribution >= 4 is 0 Å². The molecule has 0 saturated heterocycles. The van der Waals surface area contributed by atoms with Crippen LogP contribution in [-0.4, -0.2) is 12.2 Å². The summed E-state index contributed by atoms with van der Waals surface area (Å²) in [6, 6.07) is 0. The minimum absolute atomic E-state index is 0.174. The van der Waals surface area contributed by atoms with Gasteiger partial charge in [0, 0.05) is 6.54 Å². The van der Waals surface area contributed by atoms with Crippen LogP contribution in [0, 0.1) is 5.92 Å². The van der Waals surface area contributed by atoms with E-state index in [4.69, 9.17) is 5.73 Å². The Morgan fingerprint density at radius 1 is 1.33 bits per heavy atom. The maximum Gasteiger partial charge on any atom is 0.123 e. The predicted octanol–water partition coefficient (Wildman–Crippen LogP) is 2.89. The van der Waals surface area contributed by atoms with Crippen molar-refractivity contribution in [3.8, 4) is 0 Å². The highest BCUT2D eigenvalue weighted by Gasteiger charge is 2.26. The Balaban J connectivity index is 3.78. The monoisotopic (exact) mass is 175 g/mol. The van der Waals surface area contributed by atoms with Crippen LogP contribution in [0.15, 0.2) is 0 Å². The van der Waals surface area contributed by atoms with E-state index < -0.39 is 5.67 Å². The molecule has 0 spiro atoms. The summed E-state index contributed by atoms with van der Waals surface area (Å²) in [5, 5.41) is 0. The SMILES string of the molecule is CCCC(F)(CN)CCC(C)C. The molecule has 0 bridgehead atoms. The molecule has 0 aliphatic heterocycles. The van der Waals surface area contributed by atoms with Crippen LogP contribution in [0.1, 0.15) is 46.5 Å².